The fourth-order valence-corrected chi connectivity index (χ4v) is 1.98. The molecule has 0 aliphatic rings. The second-order valence-corrected chi connectivity index (χ2v) is 6.51. The Labute approximate surface area is 116 Å². The fourth-order valence-electron chi connectivity index (χ4n) is 1.98. The van der Waals surface area contributed by atoms with Gasteiger partial charge in [-0.15, -0.1) is 0 Å². The second-order valence-electron chi connectivity index (χ2n) is 6.51. The molecule has 3 heteroatoms. The third-order valence-electron chi connectivity index (χ3n) is 4.19. The zero-order chi connectivity index (χ0) is 14.8. The number of hydrogen-bond donors (Lipinski definition) is 2. The van der Waals surface area contributed by atoms with E-state index in [9.17, 15) is 4.79 Å². The second kappa shape index (κ2) is 5.24. The first-order valence-corrected chi connectivity index (χ1v) is 6.69. The topological polar surface area (TPSA) is 49.3 Å². The summed E-state index contributed by atoms with van der Waals surface area (Å²) in [6, 6.07) is 8.19. The predicted molar refractivity (Wildman–Crippen MR) is 78.5 cm³/mol. The maximum atomic E-state index is 10.9. The van der Waals surface area contributed by atoms with Crippen LogP contribution in [0.3, 0.4) is 0 Å². The lowest BCUT2D eigenvalue weighted by Gasteiger charge is -2.32. The van der Waals surface area contributed by atoms with Gasteiger partial charge in [0.05, 0.1) is 5.54 Å². The third kappa shape index (κ3) is 3.49. The Morgan fingerprint density at radius 3 is 2.16 bits per heavy atom. The van der Waals surface area contributed by atoms with Gasteiger partial charge in [-0.3, -0.25) is 0 Å². The minimum Gasteiger partial charge on any atom is -0.465 e. The summed E-state index contributed by atoms with van der Waals surface area (Å²) in [5.41, 5.74) is 1.70. The third-order valence-corrected chi connectivity index (χ3v) is 4.19. The molecule has 0 aromatic heterocycles. The number of nitrogens with one attached hydrogen (secondary N) is 1. The van der Waals surface area contributed by atoms with Gasteiger partial charge < -0.3 is 10.4 Å². The van der Waals surface area contributed by atoms with Crippen molar-refractivity contribution in [2.75, 3.05) is 0 Å². The zero-order valence-corrected chi connectivity index (χ0v) is 12.7. The summed E-state index contributed by atoms with van der Waals surface area (Å²) >= 11 is 0. The summed E-state index contributed by atoms with van der Waals surface area (Å²) < 4.78 is 0. The largest absolute Gasteiger partial charge is 0.465 e. The maximum Gasteiger partial charge on any atom is 0.405 e. The van der Waals surface area contributed by atoms with Crippen LogP contribution in [0.15, 0.2) is 24.3 Å². The molecular weight excluding hydrogens is 238 g/mol. The molecule has 0 spiro atoms. The standard InChI is InChI=1S/C16H25NO2/c1-11(2)15(3,4)12-8-7-9-13(10-12)16(5,6)17-14(18)19/h7-11,17H,1-6H3,(H,18,19). The fraction of sp³-hybridized carbons (Fsp3) is 0.562. The van der Waals surface area contributed by atoms with E-state index in [1.54, 1.807) is 0 Å². The van der Waals surface area contributed by atoms with Crippen molar-refractivity contribution < 1.29 is 9.90 Å². The van der Waals surface area contributed by atoms with Crippen molar-refractivity contribution in [3.05, 3.63) is 35.4 Å². The van der Waals surface area contributed by atoms with Gasteiger partial charge in [-0.1, -0.05) is 52.0 Å². The Balaban J connectivity index is 3.17. The monoisotopic (exact) mass is 263 g/mol. The minimum atomic E-state index is -1.00. The highest BCUT2D eigenvalue weighted by Crippen LogP contribution is 2.33. The molecule has 0 saturated heterocycles. The van der Waals surface area contributed by atoms with E-state index < -0.39 is 11.6 Å². The molecule has 0 bridgehead atoms. The first-order chi connectivity index (χ1) is 8.57. The van der Waals surface area contributed by atoms with Crippen molar-refractivity contribution in [1.82, 2.24) is 5.32 Å². The van der Waals surface area contributed by atoms with Crippen molar-refractivity contribution in [3.8, 4) is 0 Å². The lowest BCUT2D eigenvalue weighted by atomic mass is 9.74. The molecule has 2 N–H and O–H groups in total. The van der Waals surface area contributed by atoms with Crippen LogP contribution in [0.1, 0.15) is 52.7 Å². The van der Waals surface area contributed by atoms with Crippen LogP contribution in [0.2, 0.25) is 0 Å². The molecular formula is C16H25NO2. The van der Waals surface area contributed by atoms with Crippen LogP contribution in [-0.2, 0) is 11.0 Å². The van der Waals surface area contributed by atoms with Gasteiger partial charge in [0, 0.05) is 0 Å². The first-order valence-electron chi connectivity index (χ1n) is 6.69. The highest BCUT2D eigenvalue weighted by molar-refractivity contribution is 5.66. The molecule has 1 rings (SSSR count). The molecule has 0 unspecified atom stereocenters. The lowest BCUT2D eigenvalue weighted by molar-refractivity contribution is 0.182. The Bertz CT molecular complexity index is 462. The quantitative estimate of drug-likeness (QED) is 0.858. The molecule has 1 aromatic carbocycles. The Morgan fingerprint density at radius 1 is 1.16 bits per heavy atom. The van der Waals surface area contributed by atoms with Crippen molar-refractivity contribution in [2.24, 2.45) is 5.92 Å². The van der Waals surface area contributed by atoms with E-state index in [-0.39, 0.29) is 5.41 Å². The normalized spacial score (nSPS) is 12.6. The van der Waals surface area contributed by atoms with Gasteiger partial charge in [-0.05, 0) is 36.3 Å². The maximum absolute atomic E-state index is 10.9. The molecule has 0 radical (unpaired) electrons. The SMILES string of the molecule is CC(C)C(C)(C)c1cccc(C(C)(C)NC(=O)O)c1. The van der Waals surface area contributed by atoms with Gasteiger partial charge in [0.2, 0.25) is 0 Å². The first kappa shape index (κ1) is 15.5. The van der Waals surface area contributed by atoms with E-state index in [2.05, 4.69) is 45.1 Å². The van der Waals surface area contributed by atoms with Crippen LogP contribution >= 0.6 is 0 Å². The molecule has 0 heterocycles. The molecule has 0 saturated carbocycles. The van der Waals surface area contributed by atoms with Gasteiger partial charge in [0.1, 0.15) is 0 Å². The van der Waals surface area contributed by atoms with E-state index in [0.717, 1.165) is 5.56 Å². The van der Waals surface area contributed by atoms with Crippen molar-refractivity contribution >= 4 is 6.09 Å². The van der Waals surface area contributed by atoms with E-state index in [0.29, 0.717) is 5.92 Å². The number of carbonyl (C=O) groups is 1. The van der Waals surface area contributed by atoms with Crippen LogP contribution < -0.4 is 5.32 Å². The van der Waals surface area contributed by atoms with E-state index in [1.807, 2.05) is 26.0 Å². The number of benzene rings is 1. The van der Waals surface area contributed by atoms with Gasteiger partial charge >= 0.3 is 6.09 Å². The molecule has 1 aromatic rings. The molecule has 0 atom stereocenters. The number of rotatable bonds is 4. The van der Waals surface area contributed by atoms with Crippen LogP contribution in [0, 0.1) is 5.92 Å². The van der Waals surface area contributed by atoms with E-state index >= 15 is 0 Å². The van der Waals surface area contributed by atoms with Gasteiger partial charge in [-0.2, -0.15) is 0 Å². The van der Waals surface area contributed by atoms with Gasteiger partial charge in [0.15, 0.2) is 0 Å². The molecule has 19 heavy (non-hydrogen) atoms. The van der Waals surface area contributed by atoms with Crippen molar-refractivity contribution in [1.29, 1.82) is 0 Å². The summed E-state index contributed by atoms with van der Waals surface area (Å²) in [7, 11) is 0. The highest BCUT2D eigenvalue weighted by atomic mass is 16.4. The van der Waals surface area contributed by atoms with Crippen molar-refractivity contribution in [3.63, 3.8) is 0 Å². The summed E-state index contributed by atoms with van der Waals surface area (Å²) in [6.07, 6.45) is -1.00. The Morgan fingerprint density at radius 2 is 1.68 bits per heavy atom. The molecule has 0 aliphatic carbocycles. The van der Waals surface area contributed by atoms with Crippen LogP contribution in [0.25, 0.3) is 0 Å². The van der Waals surface area contributed by atoms with Gasteiger partial charge in [0.25, 0.3) is 0 Å². The number of carboxylic acid groups (broad SMARTS) is 1. The zero-order valence-electron chi connectivity index (χ0n) is 12.7. The van der Waals surface area contributed by atoms with Gasteiger partial charge in [-0.25, -0.2) is 4.79 Å². The summed E-state index contributed by atoms with van der Waals surface area (Å²) in [5.74, 6) is 0.512. The average Bonchev–Trinajstić information content (AvgIpc) is 2.27. The van der Waals surface area contributed by atoms with Crippen LogP contribution in [-0.4, -0.2) is 11.2 Å². The van der Waals surface area contributed by atoms with Crippen molar-refractivity contribution in [2.45, 2.75) is 52.5 Å². The Kier molecular flexibility index (Phi) is 4.28. The van der Waals surface area contributed by atoms with E-state index in [4.69, 9.17) is 5.11 Å². The lowest BCUT2D eigenvalue weighted by Crippen LogP contribution is -2.40. The smallest absolute Gasteiger partial charge is 0.405 e. The molecule has 0 fully saturated rings. The molecule has 106 valence electrons. The van der Waals surface area contributed by atoms with Crippen LogP contribution in [0.5, 0.6) is 0 Å². The molecule has 0 aliphatic heterocycles. The Hall–Kier alpha value is -1.51. The van der Waals surface area contributed by atoms with Crippen LogP contribution in [0.4, 0.5) is 4.79 Å². The number of amides is 1. The number of hydrogen-bond acceptors (Lipinski definition) is 1. The molecule has 3 nitrogen and oxygen atoms in total. The highest BCUT2D eigenvalue weighted by Gasteiger charge is 2.28. The predicted octanol–water partition coefficient (Wildman–Crippen LogP) is 4.12. The van der Waals surface area contributed by atoms with E-state index in [1.165, 1.54) is 5.56 Å². The average molecular weight is 263 g/mol. The molecule has 1 amide bonds. The summed E-state index contributed by atoms with van der Waals surface area (Å²) in [5, 5.41) is 11.5. The summed E-state index contributed by atoms with van der Waals surface area (Å²) in [4.78, 5) is 10.9. The summed E-state index contributed by atoms with van der Waals surface area (Å²) in [6.45, 7) is 12.6. The minimum absolute atomic E-state index is 0.0648.